The smallest absolute Gasteiger partial charge is 0.212 e. The average Bonchev–Trinajstić information content (AvgIpc) is 2.62. The molecule has 1 aromatic rings. The fourth-order valence-corrected chi connectivity index (χ4v) is 2.61. The second kappa shape index (κ2) is 5.08. The maximum atomic E-state index is 10.4. The summed E-state index contributed by atoms with van der Waals surface area (Å²) in [6.07, 6.45) is 2.57. The largest absolute Gasteiger partial charge is 0.318 e. The number of nitriles is 1. The van der Waals surface area contributed by atoms with Crippen molar-refractivity contribution < 1.29 is 4.79 Å². The van der Waals surface area contributed by atoms with Crippen LogP contribution in [-0.4, -0.2) is 10.8 Å². The van der Waals surface area contributed by atoms with Gasteiger partial charge in [-0.25, -0.2) is 0 Å². The monoisotopic (exact) mass is 237 g/mol. The molecule has 0 aromatic carbocycles. The van der Waals surface area contributed by atoms with Crippen molar-refractivity contribution in [2.24, 2.45) is 0 Å². The molecule has 1 aromatic heterocycles. The molecule has 0 atom stereocenters. The van der Waals surface area contributed by atoms with Gasteiger partial charge in [0.05, 0.1) is 5.69 Å². The number of amides is 1. The van der Waals surface area contributed by atoms with Gasteiger partial charge in [0.25, 0.3) is 0 Å². The van der Waals surface area contributed by atoms with Crippen LogP contribution in [0.1, 0.15) is 44.9 Å². The minimum absolute atomic E-state index is 0.126. The van der Waals surface area contributed by atoms with Crippen molar-refractivity contribution >= 4 is 22.9 Å². The summed E-state index contributed by atoms with van der Waals surface area (Å²) in [5, 5.41) is 12.2. The van der Waals surface area contributed by atoms with Crippen molar-refractivity contribution in [1.29, 1.82) is 5.26 Å². The Balaban J connectivity index is 3.15. The van der Waals surface area contributed by atoms with Crippen LogP contribution < -0.4 is 5.32 Å². The van der Waals surface area contributed by atoms with Crippen LogP contribution in [0.25, 0.3) is 0 Å². The number of nitrogens with zero attached hydrogens (tertiary/aromatic N) is 2. The predicted molar refractivity (Wildman–Crippen MR) is 64.4 cm³/mol. The fraction of sp³-hybridized carbons (Fsp3) is 0.545. The minimum Gasteiger partial charge on any atom is -0.318 e. The first kappa shape index (κ1) is 12.7. The second-order valence-corrected chi connectivity index (χ2v) is 5.02. The van der Waals surface area contributed by atoms with Crippen LogP contribution in [0.3, 0.4) is 0 Å². The van der Waals surface area contributed by atoms with E-state index in [-0.39, 0.29) is 5.41 Å². The topological polar surface area (TPSA) is 65.8 Å². The summed E-state index contributed by atoms with van der Waals surface area (Å²) in [6.45, 7) is 6.24. The predicted octanol–water partition coefficient (Wildman–Crippen LogP) is 2.66. The molecule has 0 aliphatic heterocycles. The maximum absolute atomic E-state index is 10.4. The molecule has 1 rings (SSSR count). The molecule has 1 heterocycles. The van der Waals surface area contributed by atoms with E-state index in [0.29, 0.717) is 17.0 Å². The molecular weight excluding hydrogens is 222 g/mol. The van der Waals surface area contributed by atoms with Gasteiger partial charge in [-0.1, -0.05) is 27.2 Å². The fourth-order valence-electron chi connectivity index (χ4n) is 1.75. The van der Waals surface area contributed by atoms with Gasteiger partial charge in [-0.2, -0.15) is 9.64 Å². The van der Waals surface area contributed by atoms with E-state index in [2.05, 4.69) is 36.5 Å². The molecule has 0 saturated carbocycles. The Kier molecular flexibility index (Phi) is 4.02. The van der Waals surface area contributed by atoms with E-state index < -0.39 is 0 Å². The number of carbonyl (C=O) groups is 1. The Morgan fingerprint density at radius 3 is 2.81 bits per heavy atom. The highest BCUT2D eigenvalue weighted by Gasteiger charge is 2.28. The standard InChI is InChI=1S/C11H15N3OS/c1-4-5-11(2,3)9-8(6-12)10(13-7-15)16-14-9/h7H,4-5H2,1-3H3,(H,13,15). The minimum atomic E-state index is -0.126. The van der Waals surface area contributed by atoms with E-state index in [1.165, 1.54) is 0 Å². The van der Waals surface area contributed by atoms with Gasteiger partial charge in [0, 0.05) is 5.41 Å². The Labute approximate surface area is 99.5 Å². The normalized spacial score (nSPS) is 10.9. The highest BCUT2D eigenvalue weighted by atomic mass is 32.1. The van der Waals surface area contributed by atoms with E-state index in [1.54, 1.807) is 0 Å². The molecule has 0 radical (unpaired) electrons. The van der Waals surface area contributed by atoms with Crippen LogP contribution >= 0.6 is 11.5 Å². The summed E-state index contributed by atoms with van der Waals surface area (Å²) < 4.78 is 4.29. The first-order valence-electron chi connectivity index (χ1n) is 5.17. The zero-order valence-corrected chi connectivity index (χ0v) is 10.5. The van der Waals surface area contributed by atoms with Gasteiger partial charge in [0.15, 0.2) is 0 Å². The number of nitrogens with one attached hydrogen (secondary N) is 1. The van der Waals surface area contributed by atoms with Gasteiger partial charge >= 0.3 is 0 Å². The maximum Gasteiger partial charge on any atom is 0.212 e. The third kappa shape index (κ3) is 2.39. The number of rotatable bonds is 5. The van der Waals surface area contributed by atoms with Crippen LogP contribution in [0, 0.1) is 11.3 Å². The van der Waals surface area contributed by atoms with Crippen LogP contribution in [0.5, 0.6) is 0 Å². The number of hydrogen-bond acceptors (Lipinski definition) is 4. The SMILES string of the molecule is CCCC(C)(C)c1nsc(NC=O)c1C#N. The first-order valence-corrected chi connectivity index (χ1v) is 5.94. The summed E-state index contributed by atoms with van der Waals surface area (Å²) in [5.74, 6) is 0. The molecule has 0 unspecified atom stereocenters. The summed E-state index contributed by atoms with van der Waals surface area (Å²) in [4.78, 5) is 10.4. The third-order valence-corrected chi connectivity index (χ3v) is 3.29. The van der Waals surface area contributed by atoms with Crippen molar-refractivity contribution in [2.45, 2.75) is 39.0 Å². The Hall–Kier alpha value is -1.41. The highest BCUT2D eigenvalue weighted by Crippen LogP contribution is 2.35. The molecule has 86 valence electrons. The van der Waals surface area contributed by atoms with Crippen LogP contribution in [0.4, 0.5) is 5.00 Å². The molecule has 0 aliphatic carbocycles. The molecule has 0 aliphatic rings. The lowest BCUT2D eigenvalue weighted by Crippen LogP contribution is -2.18. The molecule has 0 saturated heterocycles. The van der Waals surface area contributed by atoms with Crippen LogP contribution in [-0.2, 0) is 10.2 Å². The summed E-state index contributed by atoms with van der Waals surface area (Å²) in [6, 6.07) is 2.12. The summed E-state index contributed by atoms with van der Waals surface area (Å²) >= 11 is 1.16. The van der Waals surface area contributed by atoms with Crippen LogP contribution in [0.2, 0.25) is 0 Å². The average molecular weight is 237 g/mol. The van der Waals surface area contributed by atoms with Gasteiger partial charge in [0.2, 0.25) is 6.41 Å². The van der Waals surface area contributed by atoms with Crippen molar-refractivity contribution in [2.75, 3.05) is 5.32 Å². The zero-order chi connectivity index (χ0) is 12.2. The molecule has 0 fully saturated rings. The Morgan fingerprint density at radius 2 is 2.31 bits per heavy atom. The highest BCUT2D eigenvalue weighted by molar-refractivity contribution is 7.10. The van der Waals surface area contributed by atoms with E-state index in [9.17, 15) is 4.79 Å². The summed E-state index contributed by atoms with van der Waals surface area (Å²) in [7, 11) is 0. The van der Waals surface area contributed by atoms with Gasteiger partial charge in [-0.15, -0.1) is 0 Å². The van der Waals surface area contributed by atoms with E-state index in [0.717, 1.165) is 30.1 Å². The molecule has 1 amide bonds. The van der Waals surface area contributed by atoms with Crippen LogP contribution in [0.15, 0.2) is 0 Å². The lowest BCUT2D eigenvalue weighted by Gasteiger charge is -2.21. The van der Waals surface area contributed by atoms with E-state index in [1.807, 2.05) is 0 Å². The zero-order valence-electron chi connectivity index (χ0n) is 9.70. The van der Waals surface area contributed by atoms with Crippen molar-refractivity contribution in [1.82, 2.24) is 4.37 Å². The quantitative estimate of drug-likeness (QED) is 0.801. The van der Waals surface area contributed by atoms with Crippen molar-refractivity contribution in [3.05, 3.63) is 11.3 Å². The van der Waals surface area contributed by atoms with E-state index >= 15 is 0 Å². The Morgan fingerprint density at radius 1 is 1.62 bits per heavy atom. The number of aromatic nitrogens is 1. The first-order chi connectivity index (χ1) is 7.56. The summed E-state index contributed by atoms with van der Waals surface area (Å²) in [5.41, 5.74) is 1.15. The molecule has 1 N–H and O–H groups in total. The molecular formula is C11H15N3OS. The van der Waals surface area contributed by atoms with E-state index in [4.69, 9.17) is 5.26 Å². The Bertz CT molecular complexity index is 417. The van der Waals surface area contributed by atoms with Gasteiger partial charge < -0.3 is 5.32 Å². The molecule has 4 nitrogen and oxygen atoms in total. The van der Waals surface area contributed by atoms with Gasteiger partial charge in [0.1, 0.15) is 16.6 Å². The molecule has 0 spiro atoms. The number of anilines is 1. The lowest BCUT2D eigenvalue weighted by molar-refractivity contribution is -0.105. The van der Waals surface area contributed by atoms with Crippen molar-refractivity contribution in [3.63, 3.8) is 0 Å². The van der Waals surface area contributed by atoms with Gasteiger partial charge in [-0.3, -0.25) is 4.79 Å². The lowest BCUT2D eigenvalue weighted by atomic mass is 9.83. The molecule has 16 heavy (non-hydrogen) atoms. The third-order valence-electron chi connectivity index (χ3n) is 2.51. The molecule has 0 bridgehead atoms. The molecule has 5 heteroatoms. The van der Waals surface area contributed by atoms with Crippen molar-refractivity contribution in [3.8, 4) is 6.07 Å². The number of hydrogen-bond donors (Lipinski definition) is 1. The number of carbonyl (C=O) groups excluding carboxylic acids is 1. The van der Waals surface area contributed by atoms with Gasteiger partial charge in [-0.05, 0) is 18.0 Å². The second-order valence-electron chi connectivity index (χ2n) is 4.24.